The molecule has 1 rings (SSSR count). The maximum atomic E-state index is 5.62. The summed E-state index contributed by atoms with van der Waals surface area (Å²) in [5.41, 5.74) is 6.02. The smallest absolute Gasteiger partial charge is 0.245 e. The number of nitrogens with one attached hydrogen (secondary N) is 1. The Bertz CT molecular complexity index is 401. The van der Waals surface area contributed by atoms with Crippen molar-refractivity contribution in [2.45, 2.75) is 39.5 Å². The number of nitrogens with two attached hydrogens (primary N) is 1. The molecule has 0 aliphatic rings. The summed E-state index contributed by atoms with van der Waals surface area (Å²) < 4.78 is 11.2. The molecule has 0 atom stereocenters. The van der Waals surface area contributed by atoms with Crippen LogP contribution in [0.1, 0.15) is 39.5 Å². The normalized spacial score (nSPS) is 10.1. The number of hydrogen-bond acceptors (Lipinski definition) is 5. The number of aromatic nitrogens is 2. The maximum Gasteiger partial charge on any atom is 0.245 e. The Hall–Kier alpha value is -1.63. The van der Waals surface area contributed by atoms with E-state index in [-0.39, 0.29) is 5.11 Å². The minimum absolute atomic E-state index is 0.125. The molecule has 1 aromatic heterocycles. The first kappa shape index (κ1) is 16.4. The predicted octanol–water partition coefficient (Wildman–Crippen LogP) is 2.49. The zero-order valence-electron chi connectivity index (χ0n) is 12.0. The van der Waals surface area contributed by atoms with E-state index in [9.17, 15) is 0 Å². The van der Waals surface area contributed by atoms with Crippen LogP contribution in [0.5, 0.6) is 11.8 Å². The van der Waals surface area contributed by atoms with Gasteiger partial charge in [-0.1, -0.05) is 26.7 Å². The molecule has 0 aliphatic heterocycles. The van der Waals surface area contributed by atoms with Gasteiger partial charge in [-0.2, -0.15) is 9.97 Å². The summed E-state index contributed by atoms with van der Waals surface area (Å²) in [6.45, 7) is 5.34. The van der Waals surface area contributed by atoms with Crippen LogP contribution in [-0.4, -0.2) is 28.3 Å². The number of rotatable bonds is 9. The van der Waals surface area contributed by atoms with Crippen LogP contribution < -0.4 is 20.5 Å². The molecule has 1 aromatic rings. The van der Waals surface area contributed by atoms with Gasteiger partial charge in [0.2, 0.25) is 11.8 Å². The van der Waals surface area contributed by atoms with Crippen LogP contribution in [0.2, 0.25) is 0 Å². The first-order chi connectivity index (χ1) is 9.69. The molecule has 0 unspecified atom stereocenters. The van der Waals surface area contributed by atoms with Gasteiger partial charge in [-0.3, -0.25) is 0 Å². The highest BCUT2D eigenvalue weighted by atomic mass is 32.1. The molecule has 7 heteroatoms. The Balaban J connectivity index is 2.84. The quantitative estimate of drug-likeness (QED) is 0.535. The third-order valence-electron chi connectivity index (χ3n) is 2.50. The van der Waals surface area contributed by atoms with Crippen LogP contribution in [0.25, 0.3) is 0 Å². The third-order valence-corrected chi connectivity index (χ3v) is 2.60. The lowest BCUT2D eigenvalue weighted by Gasteiger charge is -2.14. The first-order valence-corrected chi connectivity index (χ1v) is 7.26. The second-order valence-corrected chi connectivity index (χ2v) is 4.69. The van der Waals surface area contributed by atoms with Crippen molar-refractivity contribution in [2.24, 2.45) is 5.73 Å². The number of ether oxygens (including phenoxy) is 2. The average molecular weight is 298 g/mol. The molecule has 0 bridgehead atoms. The Morgan fingerprint density at radius 2 is 1.65 bits per heavy atom. The van der Waals surface area contributed by atoms with Crippen molar-refractivity contribution in [3.63, 3.8) is 0 Å². The monoisotopic (exact) mass is 298 g/mol. The topological polar surface area (TPSA) is 82.3 Å². The minimum atomic E-state index is 0.125. The lowest BCUT2D eigenvalue weighted by Crippen LogP contribution is -2.21. The summed E-state index contributed by atoms with van der Waals surface area (Å²) in [4.78, 5) is 8.20. The summed E-state index contributed by atoms with van der Waals surface area (Å²) in [6.07, 6.45) is 5.39. The second kappa shape index (κ2) is 9.30. The number of anilines is 1. The maximum absolute atomic E-state index is 5.62. The molecular formula is C13H22N4O2S. The van der Waals surface area contributed by atoms with Gasteiger partial charge in [0.25, 0.3) is 0 Å². The van der Waals surface area contributed by atoms with Crippen molar-refractivity contribution in [1.29, 1.82) is 0 Å². The van der Waals surface area contributed by atoms with Crippen LogP contribution in [0.4, 0.5) is 5.69 Å². The Morgan fingerprint density at radius 1 is 1.15 bits per heavy atom. The van der Waals surface area contributed by atoms with E-state index >= 15 is 0 Å². The Labute approximate surface area is 125 Å². The highest BCUT2D eigenvalue weighted by molar-refractivity contribution is 7.80. The van der Waals surface area contributed by atoms with Crippen LogP contribution in [0.15, 0.2) is 6.33 Å². The summed E-state index contributed by atoms with van der Waals surface area (Å²) in [5, 5.41) is 2.96. The van der Waals surface area contributed by atoms with Gasteiger partial charge in [0.1, 0.15) is 6.33 Å². The second-order valence-electron chi connectivity index (χ2n) is 4.25. The molecule has 0 radical (unpaired) electrons. The zero-order chi connectivity index (χ0) is 14.8. The average Bonchev–Trinajstić information content (AvgIpc) is 2.42. The molecular weight excluding hydrogens is 276 g/mol. The number of hydrogen-bond donors (Lipinski definition) is 2. The SMILES string of the molecule is CCCCOc1ncnc(OCCCC)c1NC(N)=S. The van der Waals surface area contributed by atoms with E-state index in [2.05, 4.69) is 29.1 Å². The fraction of sp³-hybridized carbons (Fsp3) is 0.615. The largest absolute Gasteiger partial charge is 0.476 e. The first-order valence-electron chi connectivity index (χ1n) is 6.86. The summed E-state index contributed by atoms with van der Waals surface area (Å²) >= 11 is 4.87. The van der Waals surface area contributed by atoms with Gasteiger partial charge < -0.3 is 20.5 Å². The minimum Gasteiger partial charge on any atom is -0.476 e. The molecule has 0 aromatic carbocycles. The van der Waals surface area contributed by atoms with Crippen molar-refractivity contribution < 1.29 is 9.47 Å². The lowest BCUT2D eigenvalue weighted by molar-refractivity contribution is 0.282. The van der Waals surface area contributed by atoms with Crippen LogP contribution in [0, 0.1) is 0 Å². The van der Waals surface area contributed by atoms with E-state index < -0.39 is 0 Å². The van der Waals surface area contributed by atoms with Gasteiger partial charge in [-0.25, -0.2) is 0 Å². The molecule has 3 N–H and O–H groups in total. The highest BCUT2D eigenvalue weighted by Crippen LogP contribution is 2.30. The molecule has 0 aliphatic carbocycles. The Morgan fingerprint density at radius 3 is 2.05 bits per heavy atom. The number of nitrogens with zero attached hydrogens (tertiary/aromatic N) is 2. The van der Waals surface area contributed by atoms with Gasteiger partial charge in [0.15, 0.2) is 10.8 Å². The molecule has 1 heterocycles. The van der Waals surface area contributed by atoms with E-state index in [1.54, 1.807) is 0 Å². The molecule has 6 nitrogen and oxygen atoms in total. The van der Waals surface area contributed by atoms with Crippen molar-refractivity contribution in [2.75, 3.05) is 18.5 Å². The highest BCUT2D eigenvalue weighted by Gasteiger charge is 2.14. The predicted molar refractivity (Wildman–Crippen MR) is 83.2 cm³/mol. The van der Waals surface area contributed by atoms with Crippen molar-refractivity contribution in [3.05, 3.63) is 6.33 Å². The Kier molecular flexibility index (Phi) is 7.64. The fourth-order valence-corrected chi connectivity index (χ4v) is 1.53. The van der Waals surface area contributed by atoms with Gasteiger partial charge in [0.05, 0.1) is 13.2 Å². The fourth-order valence-electron chi connectivity index (χ4n) is 1.43. The van der Waals surface area contributed by atoms with Gasteiger partial charge in [-0.15, -0.1) is 0 Å². The lowest BCUT2D eigenvalue weighted by atomic mass is 10.3. The number of unbranched alkanes of at least 4 members (excludes halogenated alkanes) is 2. The van der Waals surface area contributed by atoms with Gasteiger partial charge in [0, 0.05) is 0 Å². The molecule has 112 valence electrons. The molecule has 0 amide bonds. The van der Waals surface area contributed by atoms with E-state index in [0.29, 0.717) is 30.7 Å². The van der Waals surface area contributed by atoms with Crippen LogP contribution in [-0.2, 0) is 0 Å². The van der Waals surface area contributed by atoms with Crippen LogP contribution in [0.3, 0.4) is 0 Å². The standard InChI is InChI=1S/C13H22N4O2S/c1-3-5-7-18-11-10(17-13(14)20)12(16-9-15-11)19-8-6-4-2/h9H,3-8H2,1-2H3,(H3,14,17,20). The van der Waals surface area contributed by atoms with Crippen molar-refractivity contribution >= 4 is 23.0 Å². The van der Waals surface area contributed by atoms with E-state index in [1.807, 2.05) is 0 Å². The van der Waals surface area contributed by atoms with Gasteiger partial charge >= 0.3 is 0 Å². The molecule has 0 spiro atoms. The summed E-state index contributed by atoms with van der Waals surface area (Å²) in [6, 6.07) is 0. The molecule has 0 saturated carbocycles. The summed E-state index contributed by atoms with van der Waals surface area (Å²) in [5.74, 6) is 0.820. The summed E-state index contributed by atoms with van der Waals surface area (Å²) in [7, 11) is 0. The van der Waals surface area contributed by atoms with Crippen molar-refractivity contribution in [1.82, 2.24) is 9.97 Å². The molecule has 0 fully saturated rings. The van der Waals surface area contributed by atoms with E-state index in [1.165, 1.54) is 6.33 Å². The molecule has 0 saturated heterocycles. The van der Waals surface area contributed by atoms with E-state index in [4.69, 9.17) is 27.4 Å². The zero-order valence-corrected chi connectivity index (χ0v) is 12.8. The number of thiocarbonyl (C=S) groups is 1. The van der Waals surface area contributed by atoms with Crippen molar-refractivity contribution in [3.8, 4) is 11.8 Å². The van der Waals surface area contributed by atoms with Gasteiger partial charge in [-0.05, 0) is 25.1 Å². The van der Waals surface area contributed by atoms with E-state index in [0.717, 1.165) is 25.7 Å². The third kappa shape index (κ3) is 5.56. The van der Waals surface area contributed by atoms with Crippen LogP contribution >= 0.6 is 12.2 Å². The molecule has 20 heavy (non-hydrogen) atoms.